The second-order valence-electron chi connectivity index (χ2n) is 13.2. The maximum Gasteiger partial charge on any atom is 0.362 e. The van der Waals surface area contributed by atoms with Crippen molar-refractivity contribution in [3.8, 4) is 5.75 Å². The lowest BCUT2D eigenvalue weighted by Gasteiger charge is -2.36. The zero-order chi connectivity index (χ0) is 38.9. The van der Waals surface area contributed by atoms with Crippen LogP contribution in [0.2, 0.25) is 5.02 Å². The van der Waals surface area contributed by atoms with Crippen molar-refractivity contribution in [2.45, 2.75) is 32.0 Å². The first-order valence-corrected chi connectivity index (χ1v) is 19.4. The van der Waals surface area contributed by atoms with Crippen LogP contribution < -0.4 is 30.9 Å². The van der Waals surface area contributed by atoms with Crippen molar-refractivity contribution in [2.24, 2.45) is 0 Å². The molecule has 0 radical (unpaired) electrons. The van der Waals surface area contributed by atoms with E-state index in [9.17, 15) is 18.9 Å². The molecule has 1 atom stereocenters. The minimum atomic E-state index is -3.58. The zero-order valence-electron chi connectivity index (χ0n) is 30.3. The van der Waals surface area contributed by atoms with E-state index in [-0.39, 0.29) is 47.6 Å². The van der Waals surface area contributed by atoms with Gasteiger partial charge in [-0.25, -0.2) is 9.37 Å². The highest BCUT2D eigenvalue weighted by Crippen LogP contribution is 2.47. The summed E-state index contributed by atoms with van der Waals surface area (Å²) in [6.45, 7) is 3.26. The zero-order valence-corrected chi connectivity index (χ0v) is 32.0. The van der Waals surface area contributed by atoms with E-state index < -0.39 is 31.3 Å². The molecule has 2 fully saturated rings. The first-order valence-electron chi connectivity index (χ1n) is 17.5. The number of imide groups is 1. The molecule has 0 spiro atoms. The summed E-state index contributed by atoms with van der Waals surface area (Å²) in [5.41, 5.74) is 3.41. The minimum absolute atomic E-state index is 0.155. The van der Waals surface area contributed by atoms with Crippen LogP contribution in [-0.4, -0.2) is 91.0 Å². The number of rotatable bonds is 12. The molecule has 3 aromatic carbocycles. The number of anilines is 5. The number of piperidine rings is 1. The van der Waals surface area contributed by atoms with E-state index in [2.05, 4.69) is 35.7 Å². The molecule has 0 saturated carbocycles. The van der Waals surface area contributed by atoms with Crippen molar-refractivity contribution < 1.29 is 37.1 Å². The van der Waals surface area contributed by atoms with Gasteiger partial charge in [0.25, 0.3) is 5.91 Å². The first kappa shape index (κ1) is 38.2. The summed E-state index contributed by atoms with van der Waals surface area (Å²) in [7, 11) is 0.610. The number of benzene rings is 3. The van der Waals surface area contributed by atoms with E-state index in [1.165, 1.54) is 31.4 Å². The molecule has 3 aliphatic heterocycles. The smallest absolute Gasteiger partial charge is 0.362 e. The molecule has 2 saturated heterocycles. The van der Waals surface area contributed by atoms with Gasteiger partial charge < -0.3 is 34.2 Å². The van der Waals surface area contributed by atoms with Gasteiger partial charge in [-0.1, -0.05) is 23.7 Å². The molecule has 3 aliphatic rings. The second-order valence-corrected chi connectivity index (χ2v) is 15.8. The fourth-order valence-corrected chi connectivity index (χ4v) is 8.37. The third-order valence-electron chi connectivity index (χ3n) is 9.93. The van der Waals surface area contributed by atoms with Crippen molar-refractivity contribution >= 4 is 71.1 Å². The number of piperazine rings is 1. The molecule has 4 heterocycles. The van der Waals surface area contributed by atoms with Crippen molar-refractivity contribution in [3.63, 3.8) is 0 Å². The number of hydrogen-bond acceptors (Lipinski definition) is 13. The number of carbonyl (C=O) groups excluding carboxylic acids is 3. The van der Waals surface area contributed by atoms with Gasteiger partial charge in [0, 0.05) is 82.8 Å². The molecular weight excluding hydrogens is 754 g/mol. The summed E-state index contributed by atoms with van der Waals surface area (Å²) in [4.78, 5) is 51.8. The minimum Gasteiger partial charge on any atom is -0.494 e. The van der Waals surface area contributed by atoms with Gasteiger partial charge in [-0.2, -0.15) is 4.98 Å². The van der Waals surface area contributed by atoms with Crippen LogP contribution in [0.3, 0.4) is 0 Å². The molecule has 0 aliphatic carbocycles. The highest BCUT2D eigenvalue weighted by molar-refractivity contribution is 7.62. The predicted molar refractivity (Wildman–Crippen MR) is 204 cm³/mol. The van der Waals surface area contributed by atoms with Crippen LogP contribution in [-0.2, 0) is 36.3 Å². The van der Waals surface area contributed by atoms with Gasteiger partial charge in [-0.3, -0.25) is 29.2 Å². The molecule has 0 bridgehead atoms. The Hall–Kier alpha value is -5.12. The van der Waals surface area contributed by atoms with E-state index in [4.69, 9.17) is 25.4 Å². The molecule has 18 heteroatoms. The van der Waals surface area contributed by atoms with Crippen molar-refractivity contribution in [2.75, 3.05) is 63.0 Å². The lowest BCUT2D eigenvalue weighted by molar-refractivity contribution is -0.136. The average Bonchev–Trinajstić information content (AvgIpc) is 3.50. The van der Waals surface area contributed by atoms with E-state index in [1.807, 2.05) is 18.2 Å². The number of nitrogens with one attached hydrogen (secondary N) is 3. The van der Waals surface area contributed by atoms with Crippen LogP contribution >= 0.6 is 19.2 Å². The summed E-state index contributed by atoms with van der Waals surface area (Å²) in [6.07, 6.45) is 1.85. The van der Waals surface area contributed by atoms with Crippen LogP contribution in [0.25, 0.3) is 0 Å². The normalized spacial score (nSPS) is 17.6. The van der Waals surface area contributed by atoms with E-state index in [1.54, 1.807) is 37.4 Å². The Labute approximate surface area is 321 Å². The fraction of sp³-hybridized carbons (Fsp3) is 0.324. The molecule has 3 N–H and O–H groups in total. The fourth-order valence-electron chi connectivity index (χ4n) is 7.00. The standard InChI is InChI=1S/C37H39ClFN8O7P/c1-52-31-17-24(8-9-28(31)42-37-40-19-26(38)34(44-37)41-29-6-4-5-7-32(29)55(51,53-2)54-3)46-14-12-45(13-15-46)20-23-16-22-21-47(36(50)25(22)18-27(23)39)30-10-11-33(48)43-35(30)49/h4-9,16-19,30H,10-15,20-21H2,1-3H3,(H,43,48,49)(H2,40,41,42,44). The Morgan fingerprint density at radius 2 is 1.75 bits per heavy atom. The third kappa shape index (κ3) is 7.86. The second kappa shape index (κ2) is 15.9. The maximum absolute atomic E-state index is 15.3. The number of nitrogens with zero attached hydrogens (tertiary/aromatic N) is 5. The lowest BCUT2D eigenvalue weighted by Crippen LogP contribution is -2.52. The number of hydrogen-bond donors (Lipinski definition) is 3. The maximum atomic E-state index is 15.3. The highest BCUT2D eigenvalue weighted by atomic mass is 35.5. The van der Waals surface area contributed by atoms with Crippen LogP contribution in [0.4, 0.5) is 33.2 Å². The van der Waals surface area contributed by atoms with Crippen LogP contribution in [0.5, 0.6) is 5.75 Å². The van der Waals surface area contributed by atoms with Crippen LogP contribution in [0, 0.1) is 5.82 Å². The van der Waals surface area contributed by atoms with E-state index in [0.29, 0.717) is 66.3 Å². The first-order chi connectivity index (χ1) is 26.5. The van der Waals surface area contributed by atoms with Gasteiger partial charge in [-0.15, -0.1) is 0 Å². The number of para-hydroxylation sites is 1. The predicted octanol–water partition coefficient (Wildman–Crippen LogP) is 4.96. The summed E-state index contributed by atoms with van der Waals surface area (Å²) in [5, 5.41) is 9.15. The van der Waals surface area contributed by atoms with Crippen LogP contribution in [0.1, 0.15) is 34.3 Å². The molecule has 1 unspecified atom stereocenters. The Morgan fingerprint density at radius 1 is 0.982 bits per heavy atom. The van der Waals surface area contributed by atoms with Gasteiger partial charge in [0.15, 0.2) is 5.82 Å². The van der Waals surface area contributed by atoms with Gasteiger partial charge in [-0.05, 0) is 48.4 Å². The van der Waals surface area contributed by atoms with Crippen molar-refractivity contribution in [3.05, 3.63) is 88.3 Å². The number of halogens is 2. The molecule has 1 aromatic heterocycles. The average molecular weight is 793 g/mol. The summed E-state index contributed by atoms with van der Waals surface area (Å²) < 4.78 is 44.6. The number of amides is 3. The highest BCUT2D eigenvalue weighted by Gasteiger charge is 2.39. The lowest BCUT2D eigenvalue weighted by atomic mass is 10.0. The Morgan fingerprint density at radius 3 is 2.47 bits per heavy atom. The van der Waals surface area contributed by atoms with E-state index >= 15 is 4.39 Å². The number of methoxy groups -OCH3 is 1. The number of fused-ring (bicyclic) bond motifs is 1. The van der Waals surface area contributed by atoms with Crippen molar-refractivity contribution in [1.29, 1.82) is 0 Å². The summed E-state index contributed by atoms with van der Waals surface area (Å²) in [5.74, 6) is -0.664. The molecule has 288 valence electrons. The topological polar surface area (TPSA) is 168 Å². The number of ether oxygens (including phenoxy) is 1. The van der Waals surface area contributed by atoms with Gasteiger partial charge in [0.05, 0.1) is 30.0 Å². The van der Waals surface area contributed by atoms with Crippen LogP contribution in [0.15, 0.2) is 60.8 Å². The molecule has 15 nitrogen and oxygen atoms in total. The number of aromatic nitrogens is 2. The quantitative estimate of drug-likeness (QED) is 0.130. The van der Waals surface area contributed by atoms with Gasteiger partial charge in [0.2, 0.25) is 17.8 Å². The number of carbonyl (C=O) groups is 3. The Kier molecular flexibility index (Phi) is 11.1. The largest absolute Gasteiger partial charge is 0.494 e. The monoisotopic (exact) mass is 792 g/mol. The Bertz CT molecular complexity index is 2200. The molecule has 3 amide bonds. The van der Waals surface area contributed by atoms with Gasteiger partial charge in [0.1, 0.15) is 22.6 Å². The van der Waals surface area contributed by atoms with E-state index in [0.717, 1.165) is 5.69 Å². The molecule has 55 heavy (non-hydrogen) atoms. The van der Waals surface area contributed by atoms with Gasteiger partial charge >= 0.3 is 7.60 Å². The molecule has 7 rings (SSSR count). The molecular formula is C37H39ClFN8O7P. The SMILES string of the molecule is COc1cc(N2CCN(Cc3cc4c(cc3F)C(=O)N(C3CCC(=O)NC3=O)C4)CC2)ccc1Nc1ncc(Cl)c(Nc2ccccc2P(=O)(OC)OC)n1. The summed E-state index contributed by atoms with van der Waals surface area (Å²) in [6, 6.07) is 14.8. The summed E-state index contributed by atoms with van der Waals surface area (Å²) >= 11 is 6.45. The Balaban J connectivity index is 0.985. The molecule has 4 aromatic rings. The van der Waals surface area contributed by atoms with Crippen molar-refractivity contribution in [1.82, 2.24) is 25.1 Å². The third-order valence-corrected chi connectivity index (χ3v) is 12.1.